The zero-order valence-electron chi connectivity index (χ0n) is 19.5. The summed E-state index contributed by atoms with van der Waals surface area (Å²) >= 11 is 0. The van der Waals surface area contributed by atoms with Crippen molar-refractivity contribution < 1.29 is 4.39 Å². The fourth-order valence-corrected chi connectivity index (χ4v) is 5.28. The van der Waals surface area contributed by atoms with E-state index in [2.05, 4.69) is 67.6 Å². The molecular weight excluding hydrogens is 391 g/mol. The fraction of sp³-hybridized carbons (Fsp3) is 0.419. The SMILES string of the molecule is CCCC1CCC(CCc2ccc(-c3ccc(-c4ccc(CCF)cc4)cc3)cc2)CC1. The maximum absolute atomic E-state index is 12.5. The van der Waals surface area contributed by atoms with Gasteiger partial charge in [0.15, 0.2) is 0 Å². The first-order chi connectivity index (χ1) is 15.7. The Balaban J connectivity index is 1.31. The van der Waals surface area contributed by atoms with E-state index in [-0.39, 0.29) is 6.67 Å². The summed E-state index contributed by atoms with van der Waals surface area (Å²) in [5.41, 5.74) is 7.43. The molecule has 168 valence electrons. The van der Waals surface area contributed by atoms with Gasteiger partial charge in [-0.25, -0.2) is 0 Å². The van der Waals surface area contributed by atoms with Crippen LogP contribution in [0.1, 0.15) is 63.0 Å². The molecule has 0 atom stereocenters. The minimum absolute atomic E-state index is 0.299. The van der Waals surface area contributed by atoms with E-state index in [0.29, 0.717) is 6.42 Å². The third-order valence-corrected chi connectivity index (χ3v) is 7.35. The van der Waals surface area contributed by atoms with Crippen molar-refractivity contribution in [1.82, 2.24) is 0 Å². The van der Waals surface area contributed by atoms with Gasteiger partial charge in [-0.1, -0.05) is 118 Å². The van der Waals surface area contributed by atoms with E-state index in [1.54, 1.807) is 0 Å². The number of halogens is 1. The lowest BCUT2D eigenvalue weighted by molar-refractivity contribution is 0.252. The maximum Gasteiger partial charge on any atom is 0.0934 e. The highest BCUT2D eigenvalue weighted by molar-refractivity contribution is 5.70. The second-order valence-electron chi connectivity index (χ2n) is 9.62. The Labute approximate surface area is 193 Å². The van der Waals surface area contributed by atoms with Crippen LogP contribution < -0.4 is 0 Å². The zero-order valence-corrected chi connectivity index (χ0v) is 19.5. The average molecular weight is 429 g/mol. The van der Waals surface area contributed by atoms with Crippen molar-refractivity contribution in [2.45, 2.75) is 64.7 Å². The molecular formula is C31H37F. The number of benzene rings is 3. The predicted octanol–water partition coefficient (Wildman–Crippen LogP) is 9.07. The molecule has 0 aliphatic heterocycles. The Morgan fingerprint density at radius 2 is 0.938 bits per heavy atom. The molecule has 0 N–H and O–H groups in total. The Kier molecular flexibility index (Phi) is 8.15. The lowest BCUT2D eigenvalue weighted by Gasteiger charge is -2.28. The monoisotopic (exact) mass is 428 g/mol. The third kappa shape index (κ3) is 6.09. The summed E-state index contributed by atoms with van der Waals surface area (Å²) in [7, 11) is 0. The minimum Gasteiger partial charge on any atom is -0.251 e. The van der Waals surface area contributed by atoms with Gasteiger partial charge in [0.25, 0.3) is 0 Å². The molecule has 0 heterocycles. The van der Waals surface area contributed by atoms with E-state index in [9.17, 15) is 4.39 Å². The van der Waals surface area contributed by atoms with Crippen LogP contribution in [-0.2, 0) is 12.8 Å². The van der Waals surface area contributed by atoms with Crippen molar-refractivity contribution >= 4 is 0 Å². The van der Waals surface area contributed by atoms with Crippen LogP contribution in [0.3, 0.4) is 0 Å². The Bertz CT molecular complexity index is 929. The Morgan fingerprint density at radius 1 is 0.562 bits per heavy atom. The summed E-state index contributed by atoms with van der Waals surface area (Å²) < 4.78 is 12.5. The maximum atomic E-state index is 12.5. The number of rotatable bonds is 9. The van der Waals surface area contributed by atoms with Gasteiger partial charge in [-0.2, -0.15) is 0 Å². The quantitative estimate of drug-likeness (QED) is 0.319. The summed E-state index contributed by atoms with van der Waals surface area (Å²) in [5.74, 6) is 1.93. The van der Waals surface area contributed by atoms with Crippen LogP contribution in [-0.4, -0.2) is 6.67 Å². The molecule has 0 bridgehead atoms. The summed E-state index contributed by atoms with van der Waals surface area (Å²) in [6, 6.07) is 26.2. The second kappa shape index (κ2) is 11.5. The van der Waals surface area contributed by atoms with Gasteiger partial charge < -0.3 is 0 Å². The van der Waals surface area contributed by atoms with Crippen molar-refractivity contribution in [1.29, 1.82) is 0 Å². The van der Waals surface area contributed by atoms with E-state index in [1.165, 1.54) is 79.2 Å². The molecule has 0 unspecified atom stereocenters. The van der Waals surface area contributed by atoms with Gasteiger partial charge in [0, 0.05) is 6.42 Å². The smallest absolute Gasteiger partial charge is 0.0934 e. The molecule has 0 radical (unpaired) electrons. The highest BCUT2D eigenvalue weighted by atomic mass is 19.1. The first-order valence-electron chi connectivity index (χ1n) is 12.6. The highest BCUT2D eigenvalue weighted by Gasteiger charge is 2.20. The Morgan fingerprint density at radius 3 is 1.34 bits per heavy atom. The summed E-state index contributed by atoms with van der Waals surface area (Å²) in [5, 5.41) is 0. The normalized spacial score (nSPS) is 18.6. The van der Waals surface area contributed by atoms with Crippen molar-refractivity contribution in [3.63, 3.8) is 0 Å². The summed E-state index contributed by atoms with van der Waals surface area (Å²) in [6.45, 7) is 2.02. The van der Waals surface area contributed by atoms with Gasteiger partial charge in [-0.3, -0.25) is 4.39 Å². The van der Waals surface area contributed by atoms with Gasteiger partial charge in [0.1, 0.15) is 0 Å². The Hall–Kier alpha value is -2.41. The molecule has 3 aromatic rings. The van der Waals surface area contributed by atoms with E-state index in [0.717, 1.165) is 17.4 Å². The topological polar surface area (TPSA) is 0 Å². The molecule has 3 aromatic carbocycles. The molecule has 4 rings (SSSR count). The lowest BCUT2D eigenvalue weighted by Crippen LogP contribution is -2.15. The molecule has 32 heavy (non-hydrogen) atoms. The minimum atomic E-state index is -0.299. The number of aryl methyl sites for hydroxylation is 2. The van der Waals surface area contributed by atoms with E-state index in [4.69, 9.17) is 0 Å². The molecule has 1 saturated carbocycles. The zero-order chi connectivity index (χ0) is 22.2. The van der Waals surface area contributed by atoms with Crippen LogP contribution in [0.25, 0.3) is 22.3 Å². The van der Waals surface area contributed by atoms with E-state index < -0.39 is 0 Å². The van der Waals surface area contributed by atoms with Crippen LogP contribution in [0.4, 0.5) is 4.39 Å². The first-order valence-corrected chi connectivity index (χ1v) is 12.6. The van der Waals surface area contributed by atoms with Gasteiger partial charge >= 0.3 is 0 Å². The van der Waals surface area contributed by atoms with Gasteiger partial charge in [-0.05, 0) is 58.1 Å². The van der Waals surface area contributed by atoms with E-state index in [1.807, 2.05) is 12.1 Å². The molecule has 1 aliphatic carbocycles. The molecule has 0 nitrogen and oxygen atoms in total. The van der Waals surface area contributed by atoms with Gasteiger partial charge in [0.2, 0.25) is 0 Å². The molecule has 1 heteroatoms. The number of alkyl halides is 1. The van der Waals surface area contributed by atoms with Gasteiger partial charge in [-0.15, -0.1) is 0 Å². The molecule has 0 amide bonds. The average Bonchev–Trinajstić information content (AvgIpc) is 2.85. The standard InChI is InChI=1S/C31H37F/c1-2-3-24-4-6-25(7-5-24)8-9-26-10-14-28(15-11-26)30-18-20-31(21-19-30)29-16-12-27(13-17-29)22-23-32/h10-21,24-25H,2-9,22-23H2,1H3. The van der Waals surface area contributed by atoms with Crippen molar-refractivity contribution in [2.75, 3.05) is 6.67 Å². The van der Waals surface area contributed by atoms with Crippen molar-refractivity contribution in [3.05, 3.63) is 83.9 Å². The van der Waals surface area contributed by atoms with Crippen LogP contribution in [0.2, 0.25) is 0 Å². The molecule has 0 saturated heterocycles. The second-order valence-corrected chi connectivity index (χ2v) is 9.62. The number of hydrogen-bond donors (Lipinski definition) is 0. The van der Waals surface area contributed by atoms with Crippen LogP contribution in [0.5, 0.6) is 0 Å². The van der Waals surface area contributed by atoms with E-state index >= 15 is 0 Å². The molecule has 0 spiro atoms. The molecule has 1 aliphatic rings. The van der Waals surface area contributed by atoms with Crippen LogP contribution in [0, 0.1) is 11.8 Å². The van der Waals surface area contributed by atoms with Gasteiger partial charge in [0.05, 0.1) is 6.67 Å². The predicted molar refractivity (Wildman–Crippen MR) is 136 cm³/mol. The largest absolute Gasteiger partial charge is 0.251 e. The van der Waals surface area contributed by atoms with Crippen LogP contribution in [0.15, 0.2) is 72.8 Å². The third-order valence-electron chi connectivity index (χ3n) is 7.35. The summed E-state index contributed by atoms with van der Waals surface area (Å²) in [4.78, 5) is 0. The summed E-state index contributed by atoms with van der Waals surface area (Å²) in [6.07, 6.45) is 11.6. The molecule has 0 aromatic heterocycles. The molecule has 1 fully saturated rings. The first kappa shape index (κ1) is 22.8. The highest BCUT2D eigenvalue weighted by Crippen LogP contribution is 2.34. The number of hydrogen-bond acceptors (Lipinski definition) is 0. The van der Waals surface area contributed by atoms with Crippen molar-refractivity contribution in [3.8, 4) is 22.3 Å². The fourth-order valence-electron chi connectivity index (χ4n) is 5.28. The van der Waals surface area contributed by atoms with Crippen molar-refractivity contribution in [2.24, 2.45) is 11.8 Å². The van der Waals surface area contributed by atoms with Crippen LogP contribution >= 0.6 is 0 Å². The lowest BCUT2D eigenvalue weighted by atomic mass is 9.78.